The minimum atomic E-state index is -0.950. The first-order valence-corrected chi connectivity index (χ1v) is 40.6. The Morgan fingerprint density at radius 3 is 0.903 bits per heavy atom. The van der Waals surface area contributed by atoms with Crippen molar-refractivity contribution in [2.45, 2.75) is 205 Å². The Morgan fingerprint density at radius 2 is 0.673 bits per heavy atom. The lowest BCUT2D eigenvalue weighted by Gasteiger charge is -2.40. The van der Waals surface area contributed by atoms with Crippen LogP contribution in [0.2, 0.25) is 0 Å². The molecule has 1 unspecified atom stereocenters. The lowest BCUT2D eigenvalue weighted by Crippen LogP contribution is -2.58. The molecule has 3 aliphatic rings. The largest absolute Gasteiger partial charge is 0.338 e. The second-order valence-corrected chi connectivity index (χ2v) is 35.3. The molecule has 0 aliphatic carbocycles. The first-order chi connectivity index (χ1) is 51.7. The predicted molar refractivity (Wildman–Crippen MR) is 466 cm³/mol. The molecule has 6 amide bonds. The van der Waals surface area contributed by atoms with Gasteiger partial charge in [-0.1, -0.05) is 163 Å². The molecule has 3 N–H and O–H groups in total. The van der Waals surface area contributed by atoms with Gasteiger partial charge in [0.25, 0.3) is 17.7 Å². The Hall–Kier alpha value is -6.45. The molecule has 3 heterocycles. The predicted octanol–water partition coefficient (Wildman–Crippen LogP) is 18.7. The van der Waals surface area contributed by atoms with E-state index in [1.165, 1.54) is 67.8 Å². The summed E-state index contributed by atoms with van der Waals surface area (Å²) < 4.78 is 41.5. The summed E-state index contributed by atoms with van der Waals surface area (Å²) in [5.74, 6) is -2.99. The van der Waals surface area contributed by atoms with E-state index in [0.29, 0.717) is 97.9 Å². The van der Waals surface area contributed by atoms with Gasteiger partial charge in [0.05, 0.1) is 0 Å². The van der Waals surface area contributed by atoms with Gasteiger partial charge in [-0.05, 0) is 206 Å². The number of anilines is 3. The summed E-state index contributed by atoms with van der Waals surface area (Å²) in [6.45, 7) is 42.9. The molecular formula is C89H124Cl6F3N9O6. The van der Waals surface area contributed by atoms with Gasteiger partial charge in [-0.15, -0.1) is 72.0 Å². The zero-order valence-corrected chi connectivity index (χ0v) is 74.2. The summed E-state index contributed by atoms with van der Waals surface area (Å²) in [7, 11) is 0. The van der Waals surface area contributed by atoms with Crippen molar-refractivity contribution in [2.24, 2.45) is 28.1 Å². The number of alkyl halides is 3. The van der Waals surface area contributed by atoms with E-state index in [0.717, 1.165) is 55.2 Å². The Kier molecular flexibility index (Phi) is 39.2. The highest BCUT2D eigenvalue weighted by atomic mass is 35.5. The fraction of sp³-hybridized carbons (Fsp3) is 0.528. The van der Waals surface area contributed by atoms with Crippen LogP contribution in [0.15, 0.2) is 127 Å². The topological polar surface area (TPSA) is 158 Å². The average Bonchev–Trinajstić information content (AvgIpc) is 0.788. The molecule has 0 spiro atoms. The van der Waals surface area contributed by atoms with Crippen molar-refractivity contribution in [1.82, 2.24) is 30.7 Å². The molecule has 113 heavy (non-hydrogen) atoms. The number of aryl methyl sites for hydroxylation is 6. The molecule has 7 atom stereocenters. The number of hydrogen-bond donors (Lipinski definition) is 3. The highest BCUT2D eigenvalue weighted by molar-refractivity contribution is 6.31. The Labute approximate surface area is 705 Å². The summed E-state index contributed by atoms with van der Waals surface area (Å²) in [4.78, 5) is 92.4. The lowest BCUT2D eigenvalue weighted by molar-refractivity contribution is -0.136. The molecule has 0 bridgehead atoms. The molecular weight excluding hydrogens is 1560 g/mol. The third-order valence-electron chi connectivity index (χ3n) is 20.7. The monoisotopic (exact) mass is 1680 g/mol. The van der Waals surface area contributed by atoms with Crippen LogP contribution in [0, 0.1) is 66.3 Å². The van der Waals surface area contributed by atoms with Crippen molar-refractivity contribution < 1.29 is 41.9 Å². The Morgan fingerprint density at radius 1 is 0.416 bits per heavy atom. The molecule has 6 aromatic rings. The summed E-state index contributed by atoms with van der Waals surface area (Å²) in [6.07, 6.45) is 5.87. The number of carbonyl (C=O) groups excluding carboxylic acids is 6. The molecule has 0 saturated carbocycles. The first-order valence-electron chi connectivity index (χ1n) is 39.0. The number of nitrogens with zero attached hydrogens (tertiary/aromatic N) is 6. The summed E-state index contributed by atoms with van der Waals surface area (Å²) in [5.41, 5.74) is 10.4. The smallest absolute Gasteiger partial charge is 0.250 e. The SMILES string of the molecule is Cc1cc(CCC(C)(C)C)ccc1N(C(=O)CCl)C(C(=O)N1C[C@@H](C)N[C@@H](C)C1)c1ccc(F)cc1.Cc1cc(CCC(C)(C)C)ccc1N(C(=O)CCl)[C@@H](C(=O)N1CCN[C@H](C(C)C)C1)c1ccc(F)cc1.Cc1cc(CCC(C)(C)C)ccc1N(C(=O)CCl)[C@H](C(=O)N1CCN[C@H](C(C)C)C1)c1ccc(F)cc1.Cl.Cl.Cl. The molecule has 0 aromatic heterocycles. The van der Waals surface area contributed by atoms with E-state index in [-0.39, 0.29) is 131 Å². The van der Waals surface area contributed by atoms with Gasteiger partial charge in [0.1, 0.15) is 53.2 Å². The second-order valence-electron chi connectivity index (χ2n) is 34.5. The fourth-order valence-corrected chi connectivity index (χ4v) is 14.8. The van der Waals surface area contributed by atoms with Crippen molar-refractivity contribution in [1.29, 1.82) is 0 Å². The zero-order valence-electron chi connectivity index (χ0n) is 69.5. The van der Waals surface area contributed by atoms with Crippen molar-refractivity contribution in [3.63, 3.8) is 0 Å². The van der Waals surface area contributed by atoms with Crippen LogP contribution in [0.1, 0.15) is 191 Å². The third kappa shape index (κ3) is 28.7. The van der Waals surface area contributed by atoms with E-state index >= 15 is 0 Å². The molecule has 0 radical (unpaired) electrons. The molecule has 3 aliphatic heterocycles. The highest BCUT2D eigenvalue weighted by Gasteiger charge is 2.42. The summed E-state index contributed by atoms with van der Waals surface area (Å²) in [5, 5.41) is 10.4. The lowest BCUT2D eigenvalue weighted by atomic mass is 9.88. The number of halogens is 9. The van der Waals surface area contributed by atoms with E-state index in [2.05, 4.69) is 124 Å². The maximum atomic E-state index is 14.1. The van der Waals surface area contributed by atoms with Gasteiger partial charge in [-0.2, -0.15) is 0 Å². The van der Waals surface area contributed by atoms with E-state index in [1.807, 2.05) is 80.8 Å². The molecule has 3 fully saturated rings. The maximum absolute atomic E-state index is 14.1. The molecule has 6 aromatic carbocycles. The molecule has 624 valence electrons. The van der Waals surface area contributed by atoms with Gasteiger partial charge in [0.15, 0.2) is 0 Å². The summed E-state index contributed by atoms with van der Waals surface area (Å²) >= 11 is 18.3. The maximum Gasteiger partial charge on any atom is 0.250 e. The molecule has 24 heteroatoms. The quantitative estimate of drug-likeness (QED) is 0.0531. The number of benzene rings is 6. The van der Waals surface area contributed by atoms with Crippen LogP contribution >= 0.6 is 72.0 Å². The fourth-order valence-electron chi connectivity index (χ4n) is 14.5. The minimum absolute atomic E-state index is 0. The Balaban J connectivity index is 0.000000353. The molecule has 15 nitrogen and oxygen atoms in total. The standard InChI is InChI=1S/2C30H41ClFN3O2.C29H39ClFN3O2.3ClH/c2*1-20(2)25-19-34(16-15-33-25)29(37)28(23-8-10-24(32)11-9-23)35(27(36)18-31)26-12-7-22(17-21(26)3)13-14-30(4,5)6;1-19-15-22(13-14-29(4,5)6)7-12-25(19)34(26(35)16-30)27(23-8-10-24(31)11-9-23)28(36)33-17-20(2)32-21(3)18-33;;;/h2*7-12,17,20,25,28,33H,13-16,18-19H2,1-6H3;7-12,15,20-21,27,32H,13-14,16-18H2,1-6H3;3*1H/t25-,28+;25-,28-;20-,21+,27?;;;/m00..../s1. The number of carbonyl (C=O) groups is 6. The molecule has 9 rings (SSSR count). The van der Waals surface area contributed by atoms with E-state index in [4.69, 9.17) is 34.8 Å². The number of nitrogens with one attached hydrogen (secondary N) is 3. The van der Waals surface area contributed by atoms with Crippen molar-refractivity contribution in [2.75, 3.05) is 84.7 Å². The van der Waals surface area contributed by atoms with Gasteiger partial charge in [-0.25, -0.2) is 13.2 Å². The van der Waals surface area contributed by atoms with Gasteiger partial charge >= 0.3 is 0 Å². The minimum Gasteiger partial charge on any atom is -0.338 e. The molecule has 3 saturated heterocycles. The van der Waals surface area contributed by atoms with Gasteiger partial charge in [-0.3, -0.25) is 43.5 Å². The van der Waals surface area contributed by atoms with Crippen LogP contribution in [-0.2, 0) is 48.0 Å². The van der Waals surface area contributed by atoms with Crippen LogP contribution in [-0.4, -0.2) is 144 Å². The van der Waals surface area contributed by atoms with Crippen LogP contribution < -0.4 is 30.7 Å². The van der Waals surface area contributed by atoms with E-state index < -0.39 is 35.6 Å². The van der Waals surface area contributed by atoms with Gasteiger partial charge in [0, 0.05) is 93.6 Å². The van der Waals surface area contributed by atoms with Crippen LogP contribution in [0.3, 0.4) is 0 Å². The summed E-state index contributed by atoms with van der Waals surface area (Å²) in [6, 6.07) is 33.2. The number of hydrogen-bond acceptors (Lipinski definition) is 9. The van der Waals surface area contributed by atoms with Crippen LogP contribution in [0.25, 0.3) is 0 Å². The highest BCUT2D eigenvalue weighted by Crippen LogP contribution is 2.39. The average molecular weight is 1690 g/mol. The van der Waals surface area contributed by atoms with Gasteiger partial charge in [0.2, 0.25) is 17.7 Å². The number of rotatable bonds is 23. The number of amides is 6. The van der Waals surface area contributed by atoms with Crippen LogP contribution in [0.4, 0.5) is 30.2 Å². The van der Waals surface area contributed by atoms with Crippen LogP contribution in [0.5, 0.6) is 0 Å². The van der Waals surface area contributed by atoms with Crippen molar-refractivity contribution in [3.05, 3.63) is 195 Å². The van der Waals surface area contributed by atoms with Crippen molar-refractivity contribution >= 4 is 125 Å². The van der Waals surface area contributed by atoms with E-state index in [1.54, 1.807) is 41.3 Å². The first kappa shape index (κ1) is 98.9. The Bertz CT molecular complexity index is 3880. The second kappa shape index (κ2) is 44.8. The zero-order chi connectivity index (χ0) is 81.3. The number of piperazine rings is 3. The normalized spacial score (nSPS) is 17.3. The van der Waals surface area contributed by atoms with Gasteiger partial charge < -0.3 is 30.7 Å². The van der Waals surface area contributed by atoms with Crippen molar-refractivity contribution in [3.8, 4) is 0 Å². The van der Waals surface area contributed by atoms with E-state index in [9.17, 15) is 41.9 Å². The third-order valence-corrected chi connectivity index (χ3v) is 21.4.